The Bertz CT molecular complexity index is 386. The first-order valence-corrected chi connectivity index (χ1v) is 6.27. The van der Waals surface area contributed by atoms with Gasteiger partial charge in [-0.05, 0) is 33.2 Å². The van der Waals surface area contributed by atoms with Crippen molar-refractivity contribution in [1.82, 2.24) is 15.0 Å². The van der Waals surface area contributed by atoms with E-state index in [0.29, 0.717) is 24.9 Å². The van der Waals surface area contributed by atoms with E-state index in [1.165, 1.54) is 0 Å². The Kier molecular flexibility index (Phi) is 3.99. The van der Waals surface area contributed by atoms with Gasteiger partial charge in [0.25, 0.3) is 0 Å². The average molecular weight is 255 g/mol. The zero-order valence-corrected chi connectivity index (χ0v) is 11.2. The van der Waals surface area contributed by atoms with E-state index in [2.05, 4.69) is 15.0 Å². The zero-order chi connectivity index (χ0) is 13.2. The summed E-state index contributed by atoms with van der Waals surface area (Å²) in [5.74, 6) is 1.14. The number of ether oxygens (including phenoxy) is 1. The van der Waals surface area contributed by atoms with Crippen LogP contribution in [0.4, 0.5) is 0 Å². The van der Waals surface area contributed by atoms with Crippen LogP contribution in [-0.2, 0) is 17.9 Å². The van der Waals surface area contributed by atoms with Crippen molar-refractivity contribution in [3.63, 3.8) is 0 Å². The highest BCUT2D eigenvalue weighted by atomic mass is 16.5. The van der Waals surface area contributed by atoms with Crippen molar-refractivity contribution in [2.75, 3.05) is 13.7 Å². The largest absolute Gasteiger partial charge is 0.389 e. The van der Waals surface area contributed by atoms with Gasteiger partial charge in [-0.3, -0.25) is 4.90 Å². The van der Waals surface area contributed by atoms with E-state index in [1.54, 1.807) is 7.11 Å². The van der Waals surface area contributed by atoms with Gasteiger partial charge in [-0.15, -0.1) is 0 Å². The van der Waals surface area contributed by atoms with Crippen molar-refractivity contribution in [1.29, 1.82) is 0 Å². The van der Waals surface area contributed by atoms with Crippen molar-refractivity contribution < 1.29 is 14.4 Å². The lowest BCUT2D eigenvalue weighted by Crippen LogP contribution is -2.45. The first-order chi connectivity index (χ1) is 8.50. The van der Waals surface area contributed by atoms with Crippen molar-refractivity contribution in [3.05, 3.63) is 11.7 Å². The molecule has 102 valence electrons. The fraction of sp³-hybridized carbons (Fsp3) is 0.833. The molecule has 18 heavy (non-hydrogen) atoms. The van der Waals surface area contributed by atoms with Gasteiger partial charge < -0.3 is 14.4 Å². The van der Waals surface area contributed by atoms with Crippen LogP contribution >= 0.6 is 0 Å². The number of rotatable bonds is 5. The summed E-state index contributed by atoms with van der Waals surface area (Å²) in [5.41, 5.74) is -0.702. The fourth-order valence-electron chi connectivity index (χ4n) is 2.53. The van der Waals surface area contributed by atoms with Gasteiger partial charge in [-0.1, -0.05) is 5.16 Å². The van der Waals surface area contributed by atoms with Crippen LogP contribution in [0.2, 0.25) is 0 Å². The number of hydrogen-bond donors (Lipinski definition) is 1. The molecule has 2 heterocycles. The summed E-state index contributed by atoms with van der Waals surface area (Å²) in [5, 5.41) is 14.0. The van der Waals surface area contributed by atoms with Crippen LogP contribution in [0.3, 0.4) is 0 Å². The minimum atomic E-state index is -0.702. The minimum Gasteiger partial charge on any atom is -0.389 e. The van der Waals surface area contributed by atoms with Gasteiger partial charge >= 0.3 is 0 Å². The molecule has 0 bridgehead atoms. The predicted octanol–water partition coefficient (Wildman–Crippen LogP) is 0.951. The maximum atomic E-state index is 10.1. The van der Waals surface area contributed by atoms with Gasteiger partial charge in [0, 0.05) is 13.2 Å². The summed E-state index contributed by atoms with van der Waals surface area (Å²) in [4.78, 5) is 6.45. The molecule has 1 aromatic rings. The third kappa shape index (κ3) is 3.07. The number of hydrogen-bond acceptors (Lipinski definition) is 6. The number of methoxy groups -OCH3 is 1. The Balaban J connectivity index is 1.99. The van der Waals surface area contributed by atoms with Crippen molar-refractivity contribution in [2.24, 2.45) is 0 Å². The van der Waals surface area contributed by atoms with Crippen LogP contribution in [0.5, 0.6) is 0 Å². The standard InChI is InChI=1S/C12H21N3O3/c1-12(2,16)9-5-4-6-15(9)7-11-13-10(8-17-3)14-18-11/h9,16H,4-8H2,1-3H3. The van der Waals surface area contributed by atoms with Gasteiger partial charge in [-0.25, -0.2) is 0 Å². The van der Waals surface area contributed by atoms with Crippen LogP contribution in [0.25, 0.3) is 0 Å². The molecule has 2 rings (SSSR count). The van der Waals surface area contributed by atoms with Crippen LogP contribution in [0.1, 0.15) is 38.4 Å². The molecule has 1 aromatic heterocycles. The number of aliphatic hydroxyl groups is 1. The highest BCUT2D eigenvalue weighted by molar-refractivity contribution is 4.93. The van der Waals surface area contributed by atoms with E-state index >= 15 is 0 Å². The predicted molar refractivity (Wildman–Crippen MR) is 64.7 cm³/mol. The van der Waals surface area contributed by atoms with E-state index in [4.69, 9.17) is 9.26 Å². The van der Waals surface area contributed by atoms with Gasteiger partial charge in [0.2, 0.25) is 5.89 Å². The lowest BCUT2D eigenvalue weighted by Gasteiger charge is -2.32. The van der Waals surface area contributed by atoms with Crippen LogP contribution in [-0.4, -0.2) is 45.4 Å². The maximum absolute atomic E-state index is 10.1. The van der Waals surface area contributed by atoms with E-state index in [9.17, 15) is 5.11 Å². The SMILES string of the molecule is COCc1noc(CN2CCCC2C(C)(C)O)n1. The fourth-order valence-corrected chi connectivity index (χ4v) is 2.53. The summed E-state index contributed by atoms with van der Waals surface area (Å²) >= 11 is 0. The Morgan fingerprint density at radius 2 is 2.33 bits per heavy atom. The molecule has 1 aliphatic rings. The maximum Gasteiger partial charge on any atom is 0.240 e. The van der Waals surface area contributed by atoms with E-state index in [-0.39, 0.29) is 6.04 Å². The molecule has 0 amide bonds. The third-order valence-electron chi connectivity index (χ3n) is 3.30. The lowest BCUT2D eigenvalue weighted by molar-refractivity contribution is -0.00774. The highest BCUT2D eigenvalue weighted by Crippen LogP contribution is 2.27. The average Bonchev–Trinajstić information content (AvgIpc) is 2.88. The Morgan fingerprint density at radius 1 is 1.56 bits per heavy atom. The second-order valence-electron chi connectivity index (χ2n) is 5.32. The van der Waals surface area contributed by atoms with Gasteiger partial charge in [0.1, 0.15) is 6.61 Å². The van der Waals surface area contributed by atoms with Crippen molar-refractivity contribution in [3.8, 4) is 0 Å². The molecule has 1 unspecified atom stereocenters. The highest BCUT2D eigenvalue weighted by Gasteiger charge is 2.36. The molecule has 1 saturated heterocycles. The first kappa shape index (κ1) is 13.5. The summed E-state index contributed by atoms with van der Waals surface area (Å²) < 4.78 is 10.1. The molecular weight excluding hydrogens is 234 g/mol. The molecular formula is C12H21N3O3. The Hall–Kier alpha value is -0.980. The Labute approximate surface area is 107 Å². The molecule has 0 saturated carbocycles. The Morgan fingerprint density at radius 3 is 3.00 bits per heavy atom. The second kappa shape index (κ2) is 5.34. The second-order valence-corrected chi connectivity index (χ2v) is 5.32. The summed E-state index contributed by atoms with van der Waals surface area (Å²) in [6.07, 6.45) is 2.09. The third-order valence-corrected chi connectivity index (χ3v) is 3.30. The summed E-state index contributed by atoms with van der Waals surface area (Å²) in [6, 6.07) is 0.148. The quantitative estimate of drug-likeness (QED) is 0.844. The van der Waals surface area contributed by atoms with E-state index < -0.39 is 5.60 Å². The monoisotopic (exact) mass is 255 g/mol. The number of aromatic nitrogens is 2. The minimum absolute atomic E-state index is 0.148. The van der Waals surface area contributed by atoms with Crippen molar-refractivity contribution >= 4 is 0 Å². The van der Waals surface area contributed by atoms with Crippen LogP contribution < -0.4 is 0 Å². The van der Waals surface area contributed by atoms with Gasteiger partial charge in [0.05, 0.1) is 12.1 Å². The van der Waals surface area contributed by atoms with Gasteiger partial charge in [0.15, 0.2) is 5.82 Å². The molecule has 1 fully saturated rings. The molecule has 1 atom stereocenters. The van der Waals surface area contributed by atoms with Crippen LogP contribution in [0.15, 0.2) is 4.52 Å². The zero-order valence-electron chi connectivity index (χ0n) is 11.2. The number of nitrogens with zero attached hydrogens (tertiary/aromatic N) is 3. The molecule has 6 nitrogen and oxygen atoms in total. The lowest BCUT2D eigenvalue weighted by atomic mass is 9.97. The molecule has 1 aliphatic heterocycles. The topological polar surface area (TPSA) is 71.6 Å². The van der Waals surface area contributed by atoms with E-state index in [0.717, 1.165) is 19.4 Å². The molecule has 0 aromatic carbocycles. The van der Waals surface area contributed by atoms with Crippen molar-refractivity contribution in [2.45, 2.75) is 51.5 Å². The molecule has 6 heteroatoms. The van der Waals surface area contributed by atoms with E-state index in [1.807, 2.05) is 13.8 Å². The number of likely N-dealkylation sites (tertiary alicyclic amines) is 1. The summed E-state index contributed by atoms with van der Waals surface area (Å²) in [7, 11) is 1.60. The molecule has 0 radical (unpaired) electrons. The smallest absolute Gasteiger partial charge is 0.240 e. The molecule has 0 aliphatic carbocycles. The van der Waals surface area contributed by atoms with Crippen LogP contribution in [0, 0.1) is 0 Å². The molecule has 0 spiro atoms. The first-order valence-electron chi connectivity index (χ1n) is 6.27. The summed E-state index contributed by atoms with van der Waals surface area (Å²) in [6.45, 7) is 5.60. The molecule has 1 N–H and O–H groups in total. The van der Waals surface area contributed by atoms with Gasteiger partial charge in [-0.2, -0.15) is 4.98 Å². The normalized spacial score (nSPS) is 21.7.